The minimum absolute atomic E-state index is 0.0717. The topological polar surface area (TPSA) is 67.7 Å². The van der Waals surface area contributed by atoms with Gasteiger partial charge in [-0.1, -0.05) is 24.6 Å². The summed E-state index contributed by atoms with van der Waals surface area (Å²) in [4.78, 5) is 33.2. The second-order valence-electron chi connectivity index (χ2n) is 7.68. The lowest BCUT2D eigenvalue weighted by Crippen LogP contribution is -2.50. The van der Waals surface area contributed by atoms with Gasteiger partial charge in [-0.2, -0.15) is 0 Å². The van der Waals surface area contributed by atoms with Gasteiger partial charge in [-0.3, -0.25) is 4.79 Å². The van der Waals surface area contributed by atoms with E-state index in [1.807, 2.05) is 37.5 Å². The van der Waals surface area contributed by atoms with Gasteiger partial charge in [0.1, 0.15) is 10.4 Å². The van der Waals surface area contributed by atoms with Crippen LogP contribution in [0.25, 0.3) is 22.2 Å². The van der Waals surface area contributed by atoms with Crippen molar-refractivity contribution in [1.29, 1.82) is 0 Å². The zero-order valence-electron chi connectivity index (χ0n) is 17.7. The van der Waals surface area contributed by atoms with Gasteiger partial charge >= 0.3 is 6.09 Å². The molecule has 31 heavy (non-hydrogen) atoms. The van der Waals surface area contributed by atoms with Crippen molar-refractivity contribution in [2.45, 2.75) is 13.3 Å². The van der Waals surface area contributed by atoms with Crippen molar-refractivity contribution in [1.82, 2.24) is 19.0 Å². The first-order valence-corrected chi connectivity index (χ1v) is 11.7. The molecular weight excluding hydrogens is 432 g/mol. The average molecular weight is 457 g/mol. The number of pyridine rings is 1. The fraction of sp³-hybridized carbons (Fsp3) is 0.318. The normalized spacial score (nSPS) is 14.3. The molecule has 0 aliphatic carbocycles. The van der Waals surface area contributed by atoms with Gasteiger partial charge in [-0.05, 0) is 36.9 Å². The molecule has 3 aromatic rings. The Morgan fingerprint density at radius 2 is 1.87 bits per heavy atom. The summed E-state index contributed by atoms with van der Waals surface area (Å²) in [6, 6.07) is 9.30. The van der Waals surface area contributed by atoms with Crippen molar-refractivity contribution >= 4 is 44.9 Å². The number of hydrogen-bond acceptors (Lipinski definition) is 4. The first kappa shape index (κ1) is 21.4. The maximum absolute atomic E-state index is 13.1. The summed E-state index contributed by atoms with van der Waals surface area (Å²) < 4.78 is 7.27. The molecule has 0 unspecified atom stereocenters. The number of ether oxygens (including phenoxy) is 1. The Labute approximate surface area is 189 Å². The molecule has 0 saturated carbocycles. The fourth-order valence-corrected chi connectivity index (χ4v) is 4.37. The molecular formula is C22H25ClN4O3Si. The van der Waals surface area contributed by atoms with Crippen molar-refractivity contribution < 1.29 is 14.3 Å². The van der Waals surface area contributed by atoms with Crippen LogP contribution in [0.1, 0.15) is 23.7 Å². The van der Waals surface area contributed by atoms with E-state index in [0.717, 1.165) is 33.5 Å². The van der Waals surface area contributed by atoms with E-state index in [9.17, 15) is 9.59 Å². The van der Waals surface area contributed by atoms with Gasteiger partial charge in [0.25, 0.3) is 5.91 Å². The van der Waals surface area contributed by atoms with Crippen molar-refractivity contribution in [2.24, 2.45) is 0 Å². The Morgan fingerprint density at radius 3 is 2.55 bits per heavy atom. The molecule has 7 nitrogen and oxygen atoms in total. The molecule has 1 saturated heterocycles. The van der Waals surface area contributed by atoms with Crippen molar-refractivity contribution in [3.8, 4) is 11.3 Å². The van der Waals surface area contributed by atoms with E-state index in [-0.39, 0.29) is 12.0 Å². The lowest BCUT2D eigenvalue weighted by molar-refractivity contribution is 0.0560. The van der Waals surface area contributed by atoms with E-state index in [1.165, 1.54) is 0 Å². The average Bonchev–Trinajstić information content (AvgIpc) is 3.23. The quantitative estimate of drug-likeness (QED) is 0.566. The number of piperazine rings is 1. The number of halogens is 1. The SMILES string of the molecule is CCCOC(=O)N1CCN(C(=O)c2ccc3c(Cl)cc(-c4ccn([SiH3])c4)nc3c2)CC1. The number of amides is 2. The molecule has 0 bridgehead atoms. The molecule has 162 valence electrons. The third-order valence-electron chi connectivity index (χ3n) is 5.39. The molecule has 0 N–H and O–H groups in total. The highest BCUT2D eigenvalue weighted by atomic mass is 35.5. The summed E-state index contributed by atoms with van der Waals surface area (Å²) in [5, 5.41) is 1.43. The minimum atomic E-state index is -0.311. The summed E-state index contributed by atoms with van der Waals surface area (Å²) in [5.41, 5.74) is 3.05. The molecule has 0 radical (unpaired) electrons. The van der Waals surface area contributed by atoms with E-state index < -0.39 is 0 Å². The summed E-state index contributed by atoms with van der Waals surface area (Å²) in [5.74, 6) is -0.0717. The highest BCUT2D eigenvalue weighted by molar-refractivity contribution is 6.35. The van der Waals surface area contributed by atoms with Crippen LogP contribution in [0, 0.1) is 0 Å². The van der Waals surface area contributed by atoms with Crippen LogP contribution in [0.4, 0.5) is 4.79 Å². The van der Waals surface area contributed by atoms with Crippen LogP contribution in [0.2, 0.25) is 5.02 Å². The lowest BCUT2D eigenvalue weighted by atomic mass is 10.1. The molecule has 1 aromatic carbocycles. The second kappa shape index (κ2) is 9.11. The first-order chi connectivity index (χ1) is 15.0. The number of fused-ring (bicyclic) bond motifs is 1. The summed E-state index contributed by atoms with van der Waals surface area (Å²) in [7, 11) is 0.898. The maximum Gasteiger partial charge on any atom is 0.409 e. The van der Waals surface area contributed by atoms with Crippen LogP contribution in [0.3, 0.4) is 0 Å². The predicted octanol–water partition coefficient (Wildman–Crippen LogP) is 2.79. The highest BCUT2D eigenvalue weighted by Gasteiger charge is 2.26. The van der Waals surface area contributed by atoms with Gasteiger partial charge in [-0.15, -0.1) is 0 Å². The number of aromatic nitrogens is 2. The van der Waals surface area contributed by atoms with Crippen LogP contribution in [-0.2, 0) is 4.74 Å². The Hall–Kier alpha value is -2.84. The van der Waals surface area contributed by atoms with Crippen molar-refractivity contribution in [2.75, 3.05) is 32.8 Å². The molecule has 4 rings (SSSR count). The zero-order chi connectivity index (χ0) is 22.0. The van der Waals surface area contributed by atoms with E-state index in [0.29, 0.717) is 48.9 Å². The summed E-state index contributed by atoms with van der Waals surface area (Å²) >= 11 is 6.50. The largest absolute Gasteiger partial charge is 0.449 e. The molecule has 0 atom stereocenters. The van der Waals surface area contributed by atoms with Gasteiger partial charge in [0.2, 0.25) is 0 Å². The van der Waals surface area contributed by atoms with Gasteiger partial charge in [-0.25, -0.2) is 9.78 Å². The van der Waals surface area contributed by atoms with E-state index in [4.69, 9.17) is 21.3 Å². The van der Waals surface area contributed by atoms with Crippen molar-refractivity contribution in [3.05, 3.63) is 53.3 Å². The molecule has 1 aliphatic heterocycles. The number of benzene rings is 1. The monoisotopic (exact) mass is 456 g/mol. The molecule has 2 amide bonds. The highest BCUT2D eigenvalue weighted by Crippen LogP contribution is 2.29. The van der Waals surface area contributed by atoms with Crippen molar-refractivity contribution in [3.63, 3.8) is 0 Å². The van der Waals surface area contributed by atoms with Gasteiger partial charge < -0.3 is 18.8 Å². The van der Waals surface area contributed by atoms with Gasteiger partial charge in [0.15, 0.2) is 0 Å². The minimum Gasteiger partial charge on any atom is -0.449 e. The summed E-state index contributed by atoms with van der Waals surface area (Å²) in [6.45, 7) is 4.25. The maximum atomic E-state index is 13.1. The lowest BCUT2D eigenvalue weighted by Gasteiger charge is -2.34. The molecule has 0 spiro atoms. The Morgan fingerprint density at radius 1 is 1.13 bits per heavy atom. The van der Waals surface area contributed by atoms with E-state index in [2.05, 4.69) is 4.23 Å². The third kappa shape index (κ3) is 4.60. The number of rotatable bonds is 4. The van der Waals surface area contributed by atoms with Crippen LogP contribution < -0.4 is 0 Å². The van der Waals surface area contributed by atoms with E-state index in [1.54, 1.807) is 21.9 Å². The smallest absolute Gasteiger partial charge is 0.409 e. The molecule has 3 heterocycles. The summed E-state index contributed by atoms with van der Waals surface area (Å²) in [6.07, 6.45) is 4.53. The molecule has 2 aromatic heterocycles. The Bertz CT molecular complexity index is 1130. The van der Waals surface area contributed by atoms with Gasteiger partial charge in [0.05, 0.1) is 22.8 Å². The predicted molar refractivity (Wildman–Crippen MR) is 125 cm³/mol. The number of nitrogens with zero attached hydrogens (tertiary/aromatic N) is 4. The fourth-order valence-electron chi connectivity index (χ4n) is 3.68. The number of carbonyl (C=O) groups excluding carboxylic acids is 2. The van der Waals surface area contributed by atoms with Crippen LogP contribution >= 0.6 is 11.6 Å². The van der Waals surface area contributed by atoms with Crippen LogP contribution in [0.5, 0.6) is 0 Å². The molecule has 9 heteroatoms. The third-order valence-corrected chi connectivity index (χ3v) is 6.26. The molecule has 1 fully saturated rings. The zero-order valence-corrected chi connectivity index (χ0v) is 20.4. The Balaban J connectivity index is 1.52. The van der Waals surface area contributed by atoms with Crippen LogP contribution in [-0.4, -0.2) is 74.2 Å². The Kier molecular flexibility index (Phi) is 6.29. The number of carbonyl (C=O) groups is 2. The second-order valence-corrected chi connectivity index (χ2v) is 9.12. The first-order valence-electron chi connectivity index (χ1n) is 10.4. The van der Waals surface area contributed by atoms with Gasteiger partial charge in [0, 0.05) is 48.9 Å². The van der Waals surface area contributed by atoms with Crippen LogP contribution in [0.15, 0.2) is 42.7 Å². The number of hydrogen-bond donors (Lipinski definition) is 0. The van der Waals surface area contributed by atoms with E-state index >= 15 is 0 Å². The molecule has 1 aliphatic rings. The standard InChI is InChI=1S/C22H25ClN4O3Si/c1-2-11-30-22(29)26-9-7-25(8-10-26)21(28)15-3-4-17-18(23)13-19(24-20(17)12-15)16-5-6-27(31)14-16/h3-6,12-14H,2,7-11H2,1,31H3.